The van der Waals surface area contributed by atoms with Gasteiger partial charge < -0.3 is 31.5 Å². The van der Waals surface area contributed by atoms with Crippen molar-refractivity contribution < 1.29 is 39.2 Å². The summed E-state index contributed by atoms with van der Waals surface area (Å²) in [6.07, 6.45) is 0.114. The molecular weight excluding hydrogens is 545 g/mol. The lowest BCUT2D eigenvalue weighted by molar-refractivity contribution is -0.148. The molecule has 0 aromatic heterocycles. The van der Waals surface area contributed by atoms with E-state index in [2.05, 4.69) is 5.32 Å². The molecule has 1 amide bonds. The van der Waals surface area contributed by atoms with Gasteiger partial charge in [-0.3, -0.25) is 19.3 Å². The molecule has 0 saturated carbocycles. The molecule has 0 heterocycles. The first-order chi connectivity index (χ1) is 19.7. The number of likely N-dealkylation sites (N-methyl/N-ethyl adjacent to an activating group) is 1. The summed E-state index contributed by atoms with van der Waals surface area (Å²) in [6, 6.07) is 6.63. The Bertz CT molecular complexity index is 1590. The number of phenolic OH excluding ortho intramolecular Hbond substituents is 1. The van der Waals surface area contributed by atoms with Crippen LogP contribution in [-0.2, 0) is 22.6 Å². The quantitative estimate of drug-likeness (QED) is 0.281. The maximum Gasteiger partial charge on any atom is 0.255 e. The van der Waals surface area contributed by atoms with E-state index in [1.54, 1.807) is 32.3 Å². The van der Waals surface area contributed by atoms with Crippen LogP contribution in [-0.4, -0.2) is 74.6 Å². The Hall–Kier alpha value is -4.06. The Morgan fingerprint density at radius 1 is 1.17 bits per heavy atom. The van der Waals surface area contributed by atoms with Gasteiger partial charge in [0, 0.05) is 29.6 Å². The number of carbonyl (C=O) groups excluding carboxylic acids is 3. The van der Waals surface area contributed by atoms with Gasteiger partial charge in [0.05, 0.1) is 11.6 Å². The number of allylic oxidation sites excluding steroid dienone is 1. The first-order valence-electron chi connectivity index (χ1n) is 13.7. The summed E-state index contributed by atoms with van der Waals surface area (Å²) in [7, 11) is 3.15. The number of ketones is 2. The van der Waals surface area contributed by atoms with Gasteiger partial charge in [0.25, 0.3) is 5.91 Å². The monoisotopic (exact) mass is 579 g/mol. The fourth-order valence-corrected chi connectivity index (χ4v) is 6.71. The highest BCUT2D eigenvalue weighted by atomic mass is 19.1. The molecule has 0 saturated heterocycles. The number of rotatable bonds is 6. The van der Waals surface area contributed by atoms with Crippen LogP contribution in [0.5, 0.6) is 5.75 Å². The van der Waals surface area contributed by atoms with Crippen LogP contribution in [0.1, 0.15) is 41.8 Å². The fraction of sp³-hybridized carbons (Fsp3) is 0.387. The van der Waals surface area contributed by atoms with Gasteiger partial charge in [0.1, 0.15) is 28.7 Å². The van der Waals surface area contributed by atoms with Crippen LogP contribution >= 0.6 is 0 Å². The van der Waals surface area contributed by atoms with E-state index in [0.717, 1.165) is 0 Å². The molecule has 0 bridgehead atoms. The number of carbonyl (C=O) groups is 3. The van der Waals surface area contributed by atoms with Crippen molar-refractivity contribution in [2.24, 2.45) is 17.6 Å². The summed E-state index contributed by atoms with van der Waals surface area (Å²) in [5.41, 5.74) is 3.59. The highest BCUT2D eigenvalue weighted by Crippen LogP contribution is 2.53. The molecule has 0 unspecified atom stereocenters. The molecule has 0 spiro atoms. The normalized spacial score (nSPS) is 25.6. The van der Waals surface area contributed by atoms with Crippen LogP contribution in [0.15, 0.2) is 53.0 Å². The Balaban J connectivity index is 1.67. The lowest BCUT2D eigenvalue weighted by Gasteiger charge is -2.50. The summed E-state index contributed by atoms with van der Waals surface area (Å²) < 4.78 is 14.6. The van der Waals surface area contributed by atoms with E-state index in [4.69, 9.17) is 5.73 Å². The van der Waals surface area contributed by atoms with Crippen LogP contribution in [0.25, 0.3) is 11.1 Å². The van der Waals surface area contributed by atoms with E-state index in [1.807, 2.05) is 13.8 Å². The van der Waals surface area contributed by atoms with Crippen LogP contribution in [0.3, 0.4) is 0 Å². The van der Waals surface area contributed by atoms with Crippen molar-refractivity contribution in [3.63, 3.8) is 0 Å². The van der Waals surface area contributed by atoms with Crippen molar-refractivity contribution >= 4 is 17.5 Å². The number of hydrogen-bond donors (Lipinski definition) is 6. The molecule has 11 heteroatoms. The summed E-state index contributed by atoms with van der Waals surface area (Å²) in [5, 5.41) is 48.1. The molecule has 222 valence electrons. The number of fused-ring (bicyclic) bond motifs is 3. The van der Waals surface area contributed by atoms with Gasteiger partial charge in [-0.2, -0.15) is 0 Å². The SMILES string of the molecule is CC(C)NCc1cc(-c2ccc(O)c3c2C[C@H]2C[C@H]4[C@H](N(C)C)C(O)=C(C(N)=O)C(=O)[C@@]4(O)C(O)=C2C3=O)ccc1F. The lowest BCUT2D eigenvalue weighted by Crippen LogP contribution is -2.63. The van der Waals surface area contributed by atoms with Crippen LogP contribution in [0, 0.1) is 17.7 Å². The van der Waals surface area contributed by atoms with E-state index < -0.39 is 63.9 Å². The van der Waals surface area contributed by atoms with Gasteiger partial charge in [-0.25, -0.2) is 4.39 Å². The molecule has 0 radical (unpaired) electrons. The molecule has 0 fully saturated rings. The minimum atomic E-state index is -2.70. The summed E-state index contributed by atoms with van der Waals surface area (Å²) in [4.78, 5) is 41.0. The number of aromatic hydroxyl groups is 1. The minimum Gasteiger partial charge on any atom is -0.510 e. The number of Topliss-reactive ketones (excluding diaryl/α,β-unsaturated/α-hetero) is 2. The van der Waals surface area contributed by atoms with Gasteiger partial charge >= 0.3 is 0 Å². The van der Waals surface area contributed by atoms with E-state index >= 15 is 0 Å². The molecule has 3 aliphatic rings. The number of halogens is 1. The van der Waals surface area contributed by atoms with E-state index in [9.17, 15) is 39.2 Å². The molecule has 2 aromatic carbocycles. The molecule has 7 N–H and O–H groups in total. The summed E-state index contributed by atoms with van der Waals surface area (Å²) >= 11 is 0. The van der Waals surface area contributed by atoms with Crippen molar-refractivity contribution in [3.05, 3.63) is 75.5 Å². The maximum atomic E-state index is 14.6. The average molecular weight is 580 g/mol. The first-order valence-corrected chi connectivity index (χ1v) is 13.7. The number of aliphatic hydroxyl groups is 3. The molecular formula is C31H34FN3O7. The highest BCUT2D eigenvalue weighted by molar-refractivity contribution is 6.24. The molecule has 4 atom stereocenters. The zero-order valence-electron chi connectivity index (χ0n) is 23.7. The average Bonchev–Trinajstić information content (AvgIpc) is 2.90. The van der Waals surface area contributed by atoms with Gasteiger partial charge in [0.15, 0.2) is 11.4 Å². The van der Waals surface area contributed by atoms with Gasteiger partial charge in [-0.15, -0.1) is 0 Å². The first kappa shape index (κ1) is 29.4. The number of hydrogen-bond acceptors (Lipinski definition) is 9. The summed E-state index contributed by atoms with van der Waals surface area (Å²) in [6.45, 7) is 4.17. The maximum absolute atomic E-state index is 14.6. The van der Waals surface area contributed by atoms with Crippen LogP contribution < -0.4 is 11.1 Å². The molecule has 3 aliphatic carbocycles. The molecule has 2 aromatic rings. The zero-order chi connectivity index (χ0) is 30.8. The molecule has 42 heavy (non-hydrogen) atoms. The van der Waals surface area contributed by atoms with Gasteiger partial charge in [-0.05, 0) is 67.7 Å². The number of phenols is 1. The third-order valence-corrected chi connectivity index (χ3v) is 8.66. The number of nitrogens with two attached hydrogens (primary N) is 1. The second-order valence-corrected chi connectivity index (χ2v) is 11.8. The van der Waals surface area contributed by atoms with E-state index in [-0.39, 0.29) is 42.3 Å². The largest absolute Gasteiger partial charge is 0.510 e. The van der Waals surface area contributed by atoms with Crippen LogP contribution in [0.2, 0.25) is 0 Å². The minimum absolute atomic E-state index is 0.0200. The molecule has 10 nitrogen and oxygen atoms in total. The van der Waals surface area contributed by atoms with Crippen molar-refractivity contribution in [1.82, 2.24) is 10.2 Å². The van der Waals surface area contributed by atoms with Crippen molar-refractivity contribution in [2.45, 2.75) is 50.9 Å². The van der Waals surface area contributed by atoms with Crippen molar-refractivity contribution in [3.8, 4) is 16.9 Å². The van der Waals surface area contributed by atoms with E-state index in [0.29, 0.717) is 22.3 Å². The number of nitrogens with one attached hydrogen (secondary N) is 1. The second kappa shape index (κ2) is 10.3. The summed E-state index contributed by atoms with van der Waals surface area (Å²) in [5.74, 6) is -7.46. The highest BCUT2D eigenvalue weighted by Gasteiger charge is 2.63. The number of primary amides is 1. The van der Waals surface area contributed by atoms with Gasteiger partial charge in [0.2, 0.25) is 5.78 Å². The Morgan fingerprint density at radius 2 is 1.86 bits per heavy atom. The van der Waals surface area contributed by atoms with Gasteiger partial charge in [-0.1, -0.05) is 26.0 Å². The third-order valence-electron chi connectivity index (χ3n) is 8.66. The van der Waals surface area contributed by atoms with E-state index in [1.165, 1.54) is 17.0 Å². The standard InChI is InChI=1S/C31H34FN3O7/c1-13(2)34-12-16-9-14(5-7-20(16)32)17-6-8-21(36)23-18(17)10-15-11-19-25(35(3)4)27(38)24(30(33)41)29(40)31(19,42)28(39)22(15)26(23)37/h5-9,13,15,19,25,34,36,38-39,42H,10-12H2,1-4H3,(H2,33,41)/t15-,19-,25-,31-/m0/s1. The third kappa shape index (κ3) is 4.31. The zero-order valence-corrected chi connectivity index (χ0v) is 23.7. The smallest absolute Gasteiger partial charge is 0.255 e. The predicted molar refractivity (Wildman–Crippen MR) is 151 cm³/mol. The van der Waals surface area contributed by atoms with Crippen LogP contribution in [0.4, 0.5) is 4.39 Å². The number of benzene rings is 2. The Labute approximate surface area is 242 Å². The number of amides is 1. The molecule has 0 aliphatic heterocycles. The number of aliphatic hydroxyl groups excluding tert-OH is 2. The predicted octanol–water partition coefficient (Wildman–Crippen LogP) is 2.42. The topological polar surface area (TPSA) is 173 Å². The fourth-order valence-electron chi connectivity index (χ4n) is 6.71. The second-order valence-electron chi connectivity index (χ2n) is 11.8. The van der Waals surface area contributed by atoms with Crippen molar-refractivity contribution in [1.29, 1.82) is 0 Å². The molecule has 5 rings (SSSR count). The lowest BCUT2D eigenvalue weighted by atomic mass is 9.58. The Morgan fingerprint density at radius 3 is 2.48 bits per heavy atom. The van der Waals surface area contributed by atoms with Crippen molar-refractivity contribution in [2.75, 3.05) is 14.1 Å². The Kier molecular flexibility index (Phi) is 7.24. The number of nitrogens with zero attached hydrogens (tertiary/aromatic N) is 1.